The van der Waals surface area contributed by atoms with Gasteiger partial charge in [-0.15, -0.1) is 0 Å². The van der Waals surface area contributed by atoms with Crippen molar-refractivity contribution in [3.8, 4) is 11.5 Å². The predicted molar refractivity (Wildman–Crippen MR) is 130 cm³/mol. The zero-order valence-electron chi connectivity index (χ0n) is 19.0. The number of thioether (sulfide) groups is 1. The van der Waals surface area contributed by atoms with Gasteiger partial charge in [0.05, 0.1) is 32.2 Å². The third-order valence-corrected chi connectivity index (χ3v) is 5.70. The summed E-state index contributed by atoms with van der Waals surface area (Å²) in [5.41, 5.74) is 2.49. The lowest BCUT2D eigenvalue weighted by Gasteiger charge is -2.26. The fraction of sp³-hybridized carbons (Fsp3) is 0.292. The Balaban J connectivity index is 1.77. The number of anilines is 1. The molecule has 1 atom stereocenters. The van der Waals surface area contributed by atoms with Crippen molar-refractivity contribution >= 4 is 34.5 Å². The van der Waals surface area contributed by atoms with E-state index in [0.29, 0.717) is 33.6 Å². The molecule has 1 heterocycles. The Morgan fingerprint density at radius 1 is 1.09 bits per heavy atom. The van der Waals surface area contributed by atoms with Crippen LogP contribution in [0.2, 0.25) is 0 Å². The molecule has 8 nitrogen and oxygen atoms in total. The van der Waals surface area contributed by atoms with Crippen molar-refractivity contribution in [2.75, 3.05) is 31.9 Å². The van der Waals surface area contributed by atoms with Crippen LogP contribution in [0.15, 0.2) is 64.8 Å². The second-order valence-electron chi connectivity index (χ2n) is 7.07. The van der Waals surface area contributed by atoms with E-state index in [1.165, 1.54) is 11.8 Å². The molecule has 0 unspecified atom stereocenters. The van der Waals surface area contributed by atoms with Crippen molar-refractivity contribution in [1.29, 1.82) is 0 Å². The Morgan fingerprint density at radius 2 is 1.79 bits per heavy atom. The normalized spacial score (nSPS) is 15.3. The highest BCUT2D eigenvalue weighted by atomic mass is 32.2. The van der Waals surface area contributed by atoms with Crippen LogP contribution in [0.5, 0.6) is 11.5 Å². The van der Waals surface area contributed by atoms with Crippen LogP contribution in [0.25, 0.3) is 0 Å². The lowest BCUT2D eigenvalue weighted by atomic mass is 9.96. The van der Waals surface area contributed by atoms with Crippen LogP contribution >= 0.6 is 11.8 Å². The van der Waals surface area contributed by atoms with Gasteiger partial charge in [-0.25, -0.2) is 9.79 Å². The summed E-state index contributed by atoms with van der Waals surface area (Å²) < 4.78 is 15.8. The summed E-state index contributed by atoms with van der Waals surface area (Å²) in [6, 6.07) is 14.0. The van der Waals surface area contributed by atoms with Gasteiger partial charge in [0.25, 0.3) is 0 Å². The maximum Gasteiger partial charge on any atom is 0.338 e. The van der Waals surface area contributed by atoms with Crippen LogP contribution in [0.4, 0.5) is 5.69 Å². The summed E-state index contributed by atoms with van der Waals surface area (Å²) in [5.74, 6) is 0.837. The fourth-order valence-electron chi connectivity index (χ4n) is 3.28. The number of amidine groups is 1. The molecule has 0 bridgehead atoms. The van der Waals surface area contributed by atoms with Crippen LogP contribution in [0.3, 0.4) is 0 Å². The molecule has 0 radical (unpaired) electrons. The summed E-state index contributed by atoms with van der Waals surface area (Å²) >= 11 is 1.25. The zero-order valence-corrected chi connectivity index (χ0v) is 19.8. The first-order valence-corrected chi connectivity index (χ1v) is 11.4. The van der Waals surface area contributed by atoms with Gasteiger partial charge >= 0.3 is 5.97 Å². The molecule has 3 rings (SSSR count). The van der Waals surface area contributed by atoms with Gasteiger partial charge in [0, 0.05) is 17.5 Å². The van der Waals surface area contributed by atoms with Crippen molar-refractivity contribution in [3.05, 3.63) is 65.4 Å². The first-order valence-electron chi connectivity index (χ1n) is 10.4. The lowest BCUT2D eigenvalue weighted by molar-refractivity contribution is -0.139. The molecule has 174 valence electrons. The fourth-order valence-corrected chi connectivity index (χ4v) is 4.02. The average molecular weight is 470 g/mol. The number of methoxy groups -OCH3 is 2. The number of esters is 1. The molecule has 0 saturated heterocycles. The molecule has 1 amide bonds. The summed E-state index contributed by atoms with van der Waals surface area (Å²) in [7, 11) is 3.16. The van der Waals surface area contributed by atoms with E-state index in [1.54, 1.807) is 52.3 Å². The number of benzene rings is 2. The number of hydrogen-bond donors (Lipinski definition) is 2. The van der Waals surface area contributed by atoms with Gasteiger partial charge in [0.15, 0.2) is 5.17 Å². The monoisotopic (exact) mass is 469 g/mol. The molecule has 2 aromatic carbocycles. The Kier molecular flexibility index (Phi) is 8.37. The van der Waals surface area contributed by atoms with Gasteiger partial charge in [0.2, 0.25) is 5.91 Å². The van der Waals surface area contributed by atoms with E-state index in [1.807, 2.05) is 24.3 Å². The highest BCUT2D eigenvalue weighted by Crippen LogP contribution is 2.34. The van der Waals surface area contributed by atoms with Crippen molar-refractivity contribution in [2.45, 2.75) is 19.9 Å². The Bertz CT molecular complexity index is 1080. The van der Waals surface area contributed by atoms with E-state index in [4.69, 9.17) is 19.2 Å². The number of nitrogens with one attached hydrogen (secondary N) is 2. The molecular formula is C24H27N3O5S. The SMILES string of the molecule is CCOC(=O)C1=C(C)NC(SCC(=O)Nc2cccc(OC)c2)=N[C@H]1c1cccc(OC)c1. The molecule has 0 fully saturated rings. The van der Waals surface area contributed by atoms with Crippen molar-refractivity contribution in [2.24, 2.45) is 4.99 Å². The van der Waals surface area contributed by atoms with Gasteiger partial charge in [0.1, 0.15) is 17.5 Å². The minimum atomic E-state index is -0.579. The number of carbonyl (C=O) groups excluding carboxylic acids is 2. The minimum Gasteiger partial charge on any atom is -0.497 e. The Morgan fingerprint density at radius 3 is 2.48 bits per heavy atom. The second-order valence-corrected chi connectivity index (χ2v) is 8.03. The highest BCUT2D eigenvalue weighted by Gasteiger charge is 2.30. The van der Waals surface area contributed by atoms with Crippen LogP contribution in [0, 0.1) is 0 Å². The van der Waals surface area contributed by atoms with Crippen molar-refractivity contribution < 1.29 is 23.8 Å². The van der Waals surface area contributed by atoms with Crippen molar-refractivity contribution in [3.63, 3.8) is 0 Å². The van der Waals surface area contributed by atoms with Gasteiger partial charge in [-0.2, -0.15) is 0 Å². The summed E-state index contributed by atoms with van der Waals surface area (Å²) in [5, 5.41) is 6.51. The smallest absolute Gasteiger partial charge is 0.338 e. The van der Waals surface area contributed by atoms with E-state index in [9.17, 15) is 9.59 Å². The van der Waals surface area contributed by atoms with Crippen LogP contribution < -0.4 is 20.1 Å². The van der Waals surface area contributed by atoms with E-state index in [-0.39, 0.29) is 18.3 Å². The number of nitrogens with zero attached hydrogens (tertiary/aromatic N) is 1. The van der Waals surface area contributed by atoms with Gasteiger partial charge in [-0.3, -0.25) is 4.79 Å². The molecule has 0 saturated carbocycles. The summed E-state index contributed by atoms with van der Waals surface area (Å²) in [4.78, 5) is 29.9. The molecule has 2 N–H and O–H groups in total. The molecule has 1 aliphatic rings. The molecule has 0 aromatic heterocycles. The van der Waals surface area contributed by atoms with E-state index >= 15 is 0 Å². The predicted octanol–water partition coefficient (Wildman–Crippen LogP) is 3.91. The van der Waals surface area contributed by atoms with E-state index < -0.39 is 12.0 Å². The summed E-state index contributed by atoms with van der Waals surface area (Å²) in [6.45, 7) is 3.82. The first-order chi connectivity index (χ1) is 15.9. The Labute approximate surface area is 197 Å². The first kappa shape index (κ1) is 24.2. The van der Waals surface area contributed by atoms with Gasteiger partial charge in [-0.1, -0.05) is 30.0 Å². The zero-order chi connectivity index (χ0) is 23.8. The standard InChI is InChI=1S/C24H27N3O5S/c1-5-32-23(29)21-15(2)25-24(27-22(21)16-8-6-10-18(12-16)30-3)33-14-20(28)26-17-9-7-11-19(13-17)31-4/h6-13,22H,5,14H2,1-4H3,(H,25,27)(H,26,28)/t22-/m0/s1. The van der Waals surface area contributed by atoms with Crippen molar-refractivity contribution in [1.82, 2.24) is 5.32 Å². The number of carbonyl (C=O) groups is 2. The third kappa shape index (κ3) is 6.29. The Hall–Kier alpha value is -3.46. The van der Waals surface area contributed by atoms with Gasteiger partial charge < -0.3 is 24.8 Å². The topological polar surface area (TPSA) is 98.2 Å². The highest BCUT2D eigenvalue weighted by molar-refractivity contribution is 8.14. The molecule has 9 heteroatoms. The summed E-state index contributed by atoms with van der Waals surface area (Å²) in [6.07, 6.45) is 0. The van der Waals surface area contributed by atoms with Crippen LogP contribution in [-0.2, 0) is 14.3 Å². The quantitative estimate of drug-likeness (QED) is 0.566. The molecule has 33 heavy (non-hydrogen) atoms. The van der Waals surface area contributed by atoms with E-state index in [2.05, 4.69) is 10.6 Å². The van der Waals surface area contributed by atoms with Crippen LogP contribution in [-0.4, -0.2) is 43.6 Å². The number of amides is 1. The molecule has 0 aliphatic carbocycles. The largest absolute Gasteiger partial charge is 0.497 e. The number of rotatable bonds is 8. The molecule has 2 aromatic rings. The van der Waals surface area contributed by atoms with Crippen LogP contribution in [0.1, 0.15) is 25.5 Å². The third-order valence-electron chi connectivity index (χ3n) is 4.82. The van der Waals surface area contributed by atoms with E-state index in [0.717, 1.165) is 5.56 Å². The number of allylic oxidation sites excluding steroid dienone is 1. The van der Waals surface area contributed by atoms with Gasteiger partial charge in [-0.05, 0) is 43.7 Å². The second kappa shape index (κ2) is 11.4. The maximum atomic E-state index is 12.7. The number of aliphatic imine (C=N–C) groups is 1. The maximum absolute atomic E-state index is 12.7. The molecule has 0 spiro atoms. The molecular weight excluding hydrogens is 442 g/mol. The lowest BCUT2D eigenvalue weighted by Crippen LogP contribution is -2.31. The minimum absolute atomic E-state index is 0.135. The molecule has 1 aliphatic heterocycles. The average Bonchev–Trinajstić information content (AvgIpc) is 2.82. The number of ether oxygens (including phenoxy) is 3. The number of hydrogen-bond acceptors (Lipinski definition) is 8.